The molecule has 5 rings (SSSR count). The molecular weight excluding hydrogens is 447 g/mol. The summed E-state index contributed by atoms with van der Waals surface area (Å²) in [6.07, 6.45) is 0. The van der Waals surface area contributed by atoms with Crippen LogP contribution in [0.4, 0.5) is 0 Å². The van der Waals surface area contributed by atoms with Crippen molar-refractivity contribution in [3.63, 3.8) is 0 Å². The molecule has 5 aromatic rings. The number of imidazole rings is 1. The van der Waals surface area contributed by atoms with E-state index in [1.165, 1.54) is 0 Å². The number of hydrogen-bond donors (Lipinski definition) is 1. The molecule has 3 heterocycles. The second-order valence-electron chi connectivity index (χ2n) is 7.67. The number of aromatic nitrogens is 8. The molecule has 0 unspecified atom stereocenters. The maximum atomic E-state index is 6.38. The number of nitrogens with zero attached hydrogens (tertiary/aromatic N) is 7. The zero-order valence-corrected chi connectivity index (χ0v) is 18.8. The van der Waals surface area contributed by atoms with Gasteiger partial charge in [0.1, 0.15) is 16.9 Å². The Hall–Kier alpha value is -3.36. The highest BCUT2D eigenvalue weighted by Crippen LogP contribution is 2.32. The lowest BCUT2D eigenvalue weighted by atomic mass is 9.98. The van der Waals surface area contributed by atoms with Crippen molar-refractivity contribution < 1.29 is 0 Å². The lowest BCUT2D eigenvalue weighted by Crippen LogP contribution is -2.07. The minimum atomic E-state index is 0.177. The maximum Gasteiger partial charge on any atom is 0.205 e. The van der Waals surface area contributed by atoms with E-state index in [0.717, 1.165) is 28.1 Å². The fraction of sp³-hybridized carbons (Fsp3) is 0.182. The first-order valence-corrected chi connectivity index (χ1v) is 10.8. The van der Waals surface area contributed by atoms with Crippen LogP contribution in [0.15, 0.2) is 48.5 Å². The predicted molar refractivity (Wildman–Crippen MR) is 124 cm³/mol. The Morgan fingerprint density at radius 3 is 2.31 bits per heavy atom. The smallest absolute Gasteiger partial charge is 0.205 e. The molecule has 8 nitrogen and oxygen atoms in total. The third kappa shape index (κ3) is 3.61. The van der Waals surface area contributed by atoms with Crippen LogP contribution in [0.2, 0.25) is 10.3 Å². The van der Waals surface area contributed by atoms with E-state index in [4.69, 9.17) is 28.2 Å². The molecule has 160 valence electrons. The third-order valence-electron chi connectivity index (χ3n) is 5.25. The lowest BCUT2D eigenvalue weighted by molar-refractivity contribution is 0.683. The predicted octanol–water partition coefficient (Wildman–Crippen LogP) is 5.15. The Labute approximate surface area is 193 Å². The van der Waals surface area contributed by atoms with E-state index in [1.807, 2.05) is 24.3 Å². The number of nitrogens with one attached hydrogen (secondary N) is 1. The fourth-order valence-electron chi connectivity index (χ4n) is 3.78. The summed E-state index contributed by atoms with van der Waals surface area (Å²) in [7, 11) is 0. The average molecular weight is 465 g/mol. The quantitative estimate of drug-likeness (QED) is 0.386. The number of hydrogen-bond acceptors (Lipinski definition) is 6. The molecule has 0 radical (unpaired) electrons. The van der Waals surface area contributed by atoms with Crippen LogP contribution in [0.25, 0.3) is 33.5 Å². The van der Waals surface area contributed by atoms with Crippen molar-refractivity contribution in [3.05, 3.63) is 70.2 Å². The van der Waals surface area contributed by atoms with Gasteiger partial charge in [0.15, 0.2) is 10.3 Å². The van der Waals surface area contributed by atoms with Crippen LogP contribution in [-0.2, 0) is 6.54 Å². The van der Waals surface area contributed by atoms with Gasteiger partial charge in [-0.05, 0) is 21.9 Å². The second-order valence-corrected chi connectivity index (χ2v) is 8.38. The molecule has 0 aliphatic heterocycles. The number of benzene rings is 2. The molecule has 2 aromatic carbocycles. The van der Waals surface area contributed by atoms with Crippen LogP contribution in [-0.4, -0.2) is 40.4 Å². The van der Waals surface area contributed by atoms with Gasteiger partial charge in [-0.25, -0.2) is 4.98 Å². The molecule has 0 aliphatic carbocycles. The molecule has 0 spiro atoms. The second kappa shape index (κ2) is 8.29. The molecule has 0 bridgehead atoms. The van der Waals surface area contributed by atoms with Crippen molar-refractivity contribution in [1.82, 2.24) is 40.4 Å². The number of fused-ring (bicyclic) bond motifs is 1. The van der Waals surface area contributed by atoms with Gasteiger partial charge in [-0.2, -0.15) is 5.21 Å². The van der Waals surface area contributed by atoms with Gasteiger partial charge in [-0.15, -0.1) is 20.4 Å². The summed E-state index contributed by atoms with van der Waals surface area (Å²) < 4.78 is 2.06. The van der Waals surface area contributed by atoms with Gasteiger partial charge in [0.2, 0.25) is 5.82 Å². The number of halogens is 2. The van der Waals surface area contributed by atoms with Crippen LogP contribution in [0.1, 0.15) is 31.2 Å². The van der Waals surface area contributed by atoms with E-state index >= 15 is 0 Å². The third-order valence-corrected chi connectivity index (χ3v) is 5.76. The van der Waals surface area contributed by atoms with Gasteiger partial charge in [-0.1, -0.05) is 85.6 Å². The Morgan fingerprint density at radius 2 is 1.62 bits per heavy atom. The number of H-pyrrole nitrogens is 1. The van der Waals surface area contributed by atoms with E-state index in [2.05, 4.69) is 73.5 Å². The minimum Gasteiger partial charge on any atom is -0.321 e. The highest BCUT2D eigenvalue weighted by Gasteiger charge is 2.20. The zero-order valence-electron chi connectivity index (χ0n) is 17.3. The molecule has 0 aliphatic rings. The Morgan fingerprint density at radius 1 is 0.906 bits per heavy atom. The number of tetrazole rings is 1. The summed E-state index contributed by atoms with van der Waals surface area (Å²) in [5.41, 5.74) is 5.36. The van der Waals surface area contributed by atoms with Gasteiger partial charge in [0, 0.05) is 18.0 Å². The zero-order chi connectivity index (χ0) is 22.2. The monoisotopic (exact) mass is 464 g/mol. The molecule has 0 saturated carbocycles. The average Bonchev–Trinajstić information content (AvgIpc) is 3.46. The molecule has 3 aromatic heterocycles. The standard InChI is InChI=1S/C22H18Cl2N8/c1-12(2)22-25-17-18(20(24)27-26-19(17)23)32(22)11-13-7-9-14(10-8-13)15-5-3-4-6-16(15)21-28-30-31-29-21/h3-10,12H,11H2,1-2H3,(H,28,29,30,31). The van der Waals surface area contributed by atoms with Gasteiger partial charge in [-0.3, -0.25) is 0 Å². The van der Waals surface area contributed by atoms with Crippen LogP contribution in [0.5, 0.6) is 0 Å². The summed E-state index contributed by atoms with van der Waals surface area (Å²) >= 11 is 12.6. The SMILES string of the molecule is CC(C)c1nc2c(Cl)nnc(Cl)c2n1Cc1ccc(-c2ccccc2-c2nn[nH]n2)cc1. The summed E-state index contributed by atoms with van der Waals surface area (Å²) in [6, 6.07) is 16.3. The summed E-state index contributed by atoms with van der Waals surface area (Å²) in [4.78, 5) is 4.70. The van der Waals surface area contributed by atoms with Crippen molar-refractivity contribution in [2.75, 3.05) is 0 Å². The van der Waals surface area contributed by atoms with Crippen molar-refractivity contribution >= 4 is 34.2 Å². The van der Waals surface area contributed by atoms with E-state index in [-0.39, 0.29) is 16.2 Å². The number of rotatable bonds is 5. The molecular formula is C22H18Cl2N8. The first kappa shape index (κ1) is 20.5. The van der Waals surface area contributed by atoms with Crippen LogP contribution in [0, 0.1) is 0 Å². The van der Waals surface area contributed by atoms with Crippen LogP contribution >= 0.6 is 23.2 Å². The molecule has 0 amide bonds. The first-order valence-electron chi connectivity index (χ1n) is 10.0. The lowest BCUT2D eigenvalue weighted by Gasteiger charge is -2.13. The van der Waals surface area contributed by atoms with Crippen molar-refractivity contribution in [2.24, 2.45) is 0 Å². The largest absolute Gasteiger partial charge is 0.321 e. The van der Waals surface area contributed by atoms with Crippen LogP contribution in [0.3, 0.4) is 0 Å². The van der Waals surface area contributed by atoms with E-state index in [0.29, 0.717) is 23.4 Å². The maximum absolute atomic E-state index is 6.38. The van der Waals surface area contributed by atoms with E-state index < -0.39 is 0 Å². The minimum absolute atomic E-state index is 0.177. The van der Waals surface area contributed by atoms with Gasteiger partial charge in [0.05, 0.1) is 0 Å². The Bertz CT molecular complexity index is 1390. The molecule has 0 atom stereocenters. The van der Waals surface area contributed by atoms with Crippen molar-refractivity contribution in [2.45, 2.75) is 26.3 Å². The summed E-state index contributed by atoms with van der Waals surface area (Å²) in [6.45, 7) is 4.75. The Kier molecular flexibility index (Phi) is 5.32. The normalized spacial score (nSPS) is 11.5. The van der Waals surface area contributed by atoms with Crippen molar-refractivity contribution in [1.29, 1.82) is 0 Å². The highest BCUT2D eigenvalue weighted by molar-refractivity contribution is 6.37. The molecule has 0 fully saturated rings. The van der Waals surface area contributed by atoms with Gasteiger partial charge in [0.25, 0.3) is 0 Å². The van der Waals surface area contributed by atoms with Gasteiger partial charge < -0.3 is 4.57 Å². The van der Waals surface area contributed by atoms with Crippen molar-refractivity contribution in [3.8, 4) is 22.5 Å². The molecule has 1 N–H and O–H groups in total. The molecule has 10 heteroatoms. The van der Waals surface area contributed by atoms with Crippen LogP contribution < -0.4 is 0 Å². The fourth-order valence-corrected chi connectivity index (χ4v) is 4.18. The Balaban J connectivity index is 1.53. The first-order chi connectivity index (χ1) is 15.5. The number of aromatic amines is 1. The molecule has 32 heavy (non-hydrogen) atoms. The molecule has 0 saturated heterocycles. The highest BCUT2D eigenvalue weighted by atomic mass is 35.5. The van der Waals surface area contributed by atoms with Gasteiger partial charge >= 0.3 is 0 Å². The topological polar surface area (TPSA) is 98.1 Å². The summed E-state index contributed by atoms with van der Waals surface area (Å²) in [5.74, 6) is 1.62. The van der Waals surface area contributed by atoms with E-state index in [9.17, 15) is 0 Å². The van der Waals surface area contributed by atoms with E-state index in [1.54, 1.807) is 0 Å². The summed E-state index contributed by atoms with van der Waals surface area (Å²) in [5, 5.41) is 22.8.